The maximum absolute atomic E-state index is 4.65. The Balaban J connectivity index is 2.08. The molecule has 0 saturated carbocycles. The summed E-state index contributed by atoms with van der Waals surface area (Å²) in [5.74, 6) is 2.03. The molecule has 8 heteroatoms. The van der Waals surface area contributed by atoms with E-state index in [-0.39, 0.29) is 0 Å². The molecule has 0 amide bonds. The number of hydrogen-bond donors (Lipinski definition) is 0. The third-order valence-electron chi connectivity index (χ3n) is 3.38. The van der Waals surface area contributed by atoms with Gasteiger partial charge in [-0.3, -0.25) is 4.98 Å². The Hall–Kier alpha value is -3.16. The standard InChI is InChI=1S/C14H12N8/c1-9-12-14(21-8-16-7-17-21)19-13(11-3-5-15-6-4-11)20-22(12)10(2)18-9/h3-8H,1-2H3. The van der Waals surface area contributed by atoms with E-state index in [1.165, 1.54) is 6.33 Å². The maximum Gasteiger partial charge on any atom is 0.185 e. The minimum absolute atomic E-state index is 0.584. The average Bonchev–Trinajstić information content (AvgIpc) is 3.17. The summed E-state index contributed by atoms with van der Waals surface area (Å²) < 4.78 is 3.41. The summed E-state index contributed by atoms with van der Waals surface area (Å²) in [6.45, 7) is 3.84. The third-order valence-corrected chi connectivity index (χ3v) is 3.38. The monoisotopic (exact) mass is 292 g/mol. The Labute approximate surface area is 125 Å². The van der Waals surface area contributed by atoms with Gasteiger partial charge in [0.2, 0.25) is 0 Å². The van der Waals surface area contributed by atoms with Crippen molar-refractivity contribution >= 4 is 5.52 Å². The van der Waals surface area contributed by atoms with Gasteiger partial charge in [0.15, 0.2) is 11.6 Å². The minimum Gasteiger partial charge on any atom is -0.265 e. The van der Waals surface area contributed by atoms with Gasteiger partial charge in [-0.05, 0) is 26.0 Å². The molecule has 22 heavy (non-hydrogen) atoms. The van der Waals surface area contributed by atoms with Crippen molar-refractivity contribution in [1.29, 1.82) is 0 Å². The van der Waals surface area contributed by atoms with Crippen LogP contribution in [0.2, 0.25) is 0 Å². The lowest BCUT2D eigenvalue weighted by atomic mass is 10.2. The lowest BCUT2D eigenvalue weighted by Crippen LogP contribution is -2.08. The molecule has 4 rings (SSSR count). The van der Waals surface area contributed by atoms with E-state index in [0.29, 0.717) is 11.6 Å². The molecule has 0 bridgehead atoms. The van der Waals surface area contributed by atoms with Gasteiger partial charge in [0.1, 0.15) is 24.0 Å². The van der Waals surface area contributed by atoms with Crippen molar-refractivity contribution in [2.75, 3.05) is 0 Å². The molecule has 0 unspecified atom stereocenters. The smallest absolute Gasteiger partial charge is 0.185 e. The first-order valence-electron chi connectivity index (χ1n) is 6.73. The molecule has 4 aromatic heterocycles. The molecular formula is C14H12N8. The van der Waals surface area contributed by atoms with Crippen LogP contribution in [0.4, 0.5) is 0 Å². The molecule has 0 aliphatic carbocycles. The van der Waals surface area contributed by atoms with E-state index < -0.39 is 0 Å². The van der Waals surface area contributed by atoms with Gasteiger partial charge in [-0.2, -0.15) is 5.10 Å². The third kappa shape index (κ3) is 1.85. The van der Waals surface area contributed by atoms with Gasteiger partial charge in [-0.15, -0.1) is 5.10 Å². The van der Waals surface area contributed by atoms with E-state index in [1.54, 1.807) is 27.9 Å². The van der Waals surface area contributed by atoms with E-state index in [2.05, 4.69) is 30.1 Å². The van der Waals surface area contributed by atoms with Gasteiger partial charge >= 0.3 is 0 Å². The number of aryl methyl sites for hydroxylation is 2. The predicted octanol–water partition coefficient (Wildman–Crippen LogP) is 1.38. The molecule has 4 heterocycles. The normalized spacial score (nSPS) is 11.2. The van der Waals surface area contributed by atoms with Crippen LogP contribution < -0.4 is 0 Å². The van der Waals surface area contributed by atoms with E-state index >= 15 is 0 Å². The molecule has 8 nitrogen and oxygen atoms in total. The lowest BCUT2D eigenvalue weighted by molar-refractivity contribution is 0.800. The van der Waals surface area contributed by atoms with Crippen LogP contribution in [0.25, 0.3) is 22.7 Å². The van der Waals surface area contributed by atoms with Crippen molar-refractivity contribution < 1.29 is 0 Å². The zero-order valence-electron chi connectivity index (χ0n) is 12.0. The number of fused-ring (bicyclic) bond motifs is 1. The summed E-state index contributed by atoms with van der Waals surface area (Å²) in [7, 11) is 0. The second-order valence-corrected chi connectivity index (χ2v) is 4.84. The number of imidazole rings is 1. The predicted molar refractivity (Wildman–Crippen MR) is 78.4 cm³/mol. The fraction of sp³-hybridized carbons (Fsp3) is 0.143. The van der Waals surface area contributed by atoms with Crippen LogP contribution in [0.15, 0.2) is 37.2 Å². The Kier molecular flexibility index (Phi) is 2.68. The van der Waals surface area contributed by atoms with Gasteiger partial charge in [0, 0.05) is 18.0 Å². The molecule has 0 aliphatic heterocycles. The van der Waals surface area contributed by atoms with E-state index in [9.17, 15) is 0 Å². The first kappa shape index (κ1) is 12.6. The maximum atomic E-state index is 4.65. The zero-order chi connectivity index (χ0) is 15.1. The second kappa shape index (κ2) is 4.69. The number of nitrogens with zero attached hydrogens (tertiary/aromatic N) is 8. The van der Waals surface area contributed by atoms with Crippen LogP contribution in [-0.4, -0.2) is 39.3 Å². The number of rotatable bonds is 2. The van der Waals surface area contributed by atoms with Gasteiger partial charge in [-0.25, -0.2) is 24.1 Å². The molecule has 4 aromatic rings. The first-order valence-corrected chi connectivity index (χ1v) is 6.73. The molecule has 0 saturated heterocycles. The number of pyridine rings is 1. The van der Waals surface area contributed by atoms with Gasteiger partial charge in [0.25, 0.3) is 0 Å². The largest absolute Gasteiger partial charge is 0.265 e. The highest BCUT2D eigenvalue weighted by atomic mass is 15.4. The van der Waals surface area contributed by atoms with Gasteiger partial charge < -0.3 is 0 Å². The van der Waals surface area contributed by atoms with Crippen molar-refractivity contribution in [1.82, 2.24) is 39.3 Å². The van der Waals surface area contributed by atoms with E-state index in [4.69, 9.17) is 0 Å². The van der Waals surface area contributed by atoms with Crippen LogP contribution >= 0.6 is 0 Å². The zero-order valence-corrected chi connectivity index (χ0v) is 12.0. The lowest BCUT2D eigenvalue weighted by Gasteiger charge is -2.07. The van der Waals surface area contributed by atoms with Crippen molar-refractivity contribution in [2.24, 2.45) is 0 Å². The van der Waals surface area contributed by atoms with Crippen LogP contribution in [0.3, 0.4) is 0 Å². The van der Waals surface area contributed by atoms with Crippen molar-refractivity contribution in [2.45, 2.75) is 13.8 Å². The molecule has 0 N–H and O–H groups in total. The minimum atomic E-state index is 0.584. The Morgan fingerprint density at radius 2 is 1.82 bits per heavy atom. The highest BCUT2D eigenvalue weighted by molar-refractivity contribution is 5.67. The molecule has 0 spiro atoms. The summed E-state index contributed by atoms with van der Waals surface area (Å²) in [6, 6.07) is 3.73. The van der Waals surface area contributed by atoms with Crippen LogP contribution in [-0.2, 0) is 0 Å². The highest BCUT2D eigenvalue weighted by Gasteiger charge is 2.17. The molecule has 0 atom stereocenters. The van der Waals surface area contributed by atoms with Crippen LogP contribution in [0, 0.1) is 13.8 Å². The SMILES string of the molecule is Cc1nc(C)n2nc(-c3ccncc3)nc(-n3cncn3)c12. The molecule has 108 valence electrons. The molecule has 0 aromatic carbocycles. The van der Waals surface area contributed by atoms with E-state index in [1.807, 2.05) is 26.0 Å². The van der Waals surface area contributed by atoms with Gasteiger partial charge in [0.05, 0.1) is 5.69 Å². The molecule has 0 aliphatic rings. The topological polar surface area (TPSA) is 86.7 Å². The summed E-state index contributed by atoms with van der Waals surface area (Å²) >= 11 is 0. The second-order valence-electron chi connectivity index (χ2n) is 4.84. The highest BCUT2D eigenvalue weighted by Crippen LogP contribution is 2.21. The van der Waals surface area contributed by atoms with Crippen LogP contribution in [0.1, 0.15) is 11.5 Å². The first-order chi connectivity index (χ1) is 10.7. The summed E-state index contributed by atoms with van der Waals surface area (Å²) in [5, 5.41) is 8.77. The van der Waals surface area contributed by atoms with Crippen molar-refractivity contribution in [3.63, 3.8) is 0 Å². The summed E-state index contributed by atoms with van der Waals surface area (Å²) in [4.78, 5) is 17.2. The van der Waals surface area contributed by atoms with E-state index in [0.717, 1.165) is 22.6 Å². The molecule has 0 radical (unpaired) electrons. The van der Waals surface area contributed by atoms with Crippen LogP contribution in [0.5, 0.6) is 0 Å². The fourth-order valence-corrected chi connectivity index (χ4v) is 2.41. The molecular weight excluding hydrogens is 280 g/mol. The van der Waals surface area contributed by atoms with Gasteiger partial charge in [-0.1, -0.05) is 0 Å². The quantitative estimate of drug-likeness (QED) is 0.555. The Morgan fingerprint density at radius 3 is 2.55 bits per heavy atom. The van der Waals surface area contributed by atoms with Crippen molar-refractivity contribution in [3.05, 3.63) is 48.7 Å². The summed E-state index contributed by atoms with van der Waals surface area (Å²) in [5.41, 5.74) is 2.55. The average molecular weight is 292 g/mol. The summed E-state index contributed by atoms with van der Waals surface area (Å²) in [6.07, 6.45) is 6.51. The number of hydrogen-bond acceptors (Lipinski definition) is 6. The Morgan fingerprint density at radius 1 is 1.00 bits per heavy atom. The molecule has 0 fully saturated rings. The fourth-order valence-electron chi connectivity index (χ4n) is 2.41. The Bertz CT molecular complexity index is 940. The van der Waals surface area contributed by atoms with Crippen molar-refractivity contribution in [3.8, 4) is 17.2 Å². The number of aromatic nitrogens is 8.